The van der Waals surface area contributed by atoms with Crippen molar-refractivity contribution in [1.29, 1.82) is 0 Å². The molecule has 2 unspecified atom stereocenters. The Morgan fingerprint density at radius 3 is 2.86 bits per heavy atom. The second kappa shape index (κ2) is 6.45. The fourth-order valence-corrected chi connectivity index (χ4v) is 4.01. The fourth-order valence-electron chi connectivity index (χ4n) is 3.62. The number of hydrogen-bond acceptors (Lipinski definition) is 2. The summed E-state index contributed by atoms with van der Waals surface area (Å²) in [4.78, 5) is 0. The van der Waals surface area contributed by atoms with E-state index in [4.69, 9.17) is 27.9 Å². The van der Waals surface area contributed by atoms with Crippen LogP contribution in [0.25, 0.3) is 0 Å². The molecule has 1 aromatic carbocycles. The molecule has 1 aliphatic carbocycles. The van der Waals surface area contributed by atoms with Crippen LogP contribution in [-0.4, -0.2) is 25.8 Å². The first-order chi connectivity index (χ1) is 10.2. The summed E-state index contributed by atoms with van der Waals surface area (Å²) in [6.07, 6.45) is 5.03. The summed E-state index contributed by atoms with van der Waals surface area (Å²) in [5, 5.41) is 4.89. The van der Waals surface area contributed by atoms with E-state index < -0.39 is 0 Å². The highest BCUT2D eigenvalue weighted by molar-refractivity contribution is 6.42. The van der Waals surface area contributed by atoms with Gasteiger partial charge in [0.05, 0.1) is 16.1 Å². The number of nitrogens with one attached hydrogen (secondary N) is 1. The molecule has 116 valence electrons. The van der Waals surface area contributed by atoms with E-state index in [1.165, 1.54) is 12.8 Å². The summed E-state index contributed by atoms with van der Waals surface area (Å²) in [5.41, 5.74) is 1.31. The third-order valence-corrected chi connectivity index (χ3v) is 5.71. The monoisotopic (exact) mass is 327 g/mol. The van der Waals surface area contributed by atoms with Gasteiger partial charge in [0.1, 0.15) is 0 Å². The van der Waals surface area contributed by atoms with Crippen LogP contribution in [0.4, 0.5) is 0 Å². The van der Waals surface area contributed by atoms with Crippen LogP contribution in [0.15, 0.2) is 18.2 Å². The van der Waals surface area contributed by atoms with Crippen LogP contribution in [-0.2, 0) is 11.2 Å². The number of ether oxygens (including phenoxy) is 1. The quantitative estimate of drug-likeness (QED) is 0.839. The molecule has 0 spiro atoms. The predicted octanol–water partition coefficient (Wildman–Crippen LogP) is 4.33. The van der Waals surface area contributed by atoms with Gasteiger partial charge in [0, 0.05) is 18.6 Å². The Hall–Kier alpha value is -0.280. The van der Waals surface area contributed by atoms with Crippen LogP contribution < -0.4 is 5.32 Å². The molecule has 0 aromatic heterocycles. The summed E-state index contributed by atoms with van der Waals surface area (Å²) in [7, 11) is 0. The minimum Gasteiger partial charge on any atom is -0.377 e. The smallest absolute Gasteiger partial charge is 0.0675 e. The van der Waals surface area contributed by atoms with Crippen molar-refractivity contribution < 1.29 is 4.74 Å². The number of benzene rings is 1. The molecule has 1 heterocycles. The topological polar surface area (TPSA) is 21.3 Å². The van der Waals surface area contributed by atoms with Crippen molar-refractivity contribution in [3.05, 3.63) is 33.8 Å². The Morgan fingerprint density at radius 2 is 2.14 bits per heavy atom. The molecule has 2 fully saturated rings. The van der Waals surface area contributed by atoms with Gasteiger partial charge < -0.3 is 10.1 Å². The van der Waals surface area contributed by atoms with Gasteiger partial charge in [-0.25, -0.2) is 0 Å². The SMILES string of the molecule is CCNCC1(Cc2cccc(Cl)c2Cl)CCOC1C1CC1. The van der Waals surface area contributed by atoms with Gasteiger partial charge in [-0.05, 0) is 49.8 Å². The average molecular weight is 328 g/mol. The Bertz CT molecular complexity index is 504. The molecule has 4 heteroatoms. The molecule has 2 atom stereocenters. The van der Waals surface area contributed by atoms with Crippen LogP contribution in [0.3, 0.4) is 0 Å². The lowest BCUT2D eigenvalue weighted by atomic mass is 9.74. The molecule has 2 aliphatic rings. The van der Waals surface area contributed by atoms with Crippen LogP contribution >= 0.6 is 23.2 Å². The Morgan fingerprint density at radius 1 is 1.33 bits per heavy atom. The number of halogens is 2. The van der Waals surface area contributed by atoms with E-state index in [9.17, 15) is 0 Å². The number of rotatable bonds is 6. The normalized spacial score (nSPS) is 29.0. The van der Waals surface area contributed by atoms with E-state index in [0.717, 1.165) is 44.0 Å². The summed E-state index contributed by atoms with van der Waals surface area (Å²) in [6.45, 7) is 5.00. The highest BCUT2D eigenvalue weighted by Crippen LogP contribution is 2.49. The second-order valence-electron chi connectivity index (χ2n) is 6.41. The lowest BCUT2D eigenvalue weighted by Crippen LogP contribution is -2.43. The van der Waals surface area contributed by atoms with E-state index in [1.807, 2.05) is 12.1 Å². The molecule has 0 amide bonds. The van der Waals surface area contributed by atoms with Gasteiger partial charge in [-0.3, -0.25) is 0 Å². The number of hydrogen-bond donors (Lipinski definition) is 1. The summed E-state index contributed by atoms with van der Waals surface area (Å²) in [5.74, 6) is 0.740. The minimum absolute atomic E-state index is 0.158. The highest BCUT2D eigenvalue weighted by atomic mass is 35.5. The molecule has 3 rings (SSSR count). The van der Waals surface area contributed by atoms with Gasteiger partial charge in [-0.1, -0.05) is 42.3 Å². The van der Waals surface area contributed by atoms with Crippen molar-refractivity contribution in [2.24, 2.45) is 11.3 Å². The van der Waals surface area contributed by atoms with Gasteiger partial charge >= 0.3 is 0 Å². The van der Waals surface area contributed by atoms with Crippen molar-refractivity contribution in [2.75, 3.05) is 19.7 Å². The van der Waals surface area contributed by atoms with Crippen LogP contribution in [0.1, 0.15) is 31.7 Å². The third kappa shape index (κ3) is 3.24. The first-order valence-electron chi connectivity index (χ1n) is 7.91. The molecule has 2 nitrogen and oxygen atoms in total. The minimum atomic E-state index is 0.158. The largest absolute Gasteiger partial charge is 0.377 e. The van der Waals surface area contributed by atoms with E-state index in [1.54, 1.807) is 0 Å². The van der Waals surface area contributed by atoms with Crippen molar-refractivity contribution in [1.82, 2.24) is 5.32 Å². The van der Waals surface area contributed by atoms with Gasteiger partial charge in [0.15, 0.2) is 0 Å². The maximum Gasteiger partial charge on any atom is 0.0675 e. The van der Waals surface area contributed by atoms with Gasteiger partial charge in [-0.15, -0.1) is 0 Å². The second-order valence-corrected chi connectivity index (χ2v) is 7.20. The maximum absolute atomic E-state index is 6.42. The molecule has 21 heavy (non-hydrogen) atoms. The maximum atomic E-state index is 6.42. The van der Waals surface area contributed by atoms with Crippen molar-refractivity contribution in [3.8, 4) is 0 Å². The van der Waals surface area contributed by atoms with Crippen molar-refractivity contribution in [2.45, 2.75) is 38.7 Å². The Kier molecular flexibility index (Phi) is 4.80. The fraction of sp³-hybridized carbons (Fsp3) is 0.647. The van der Waals surface area contributed by atoms with Crippen molar-refractivity contribution >= 4 is 23.2 Å². The van der Waals surface area contributed by atoms with Crippen molar-refractivity contribution in [3.63, 3.8) is 0 Å². The van der Waals surface area contributed by atoms with Crippen LogP contribution in [0.2, 0.25) is 10.0 Å². The zero-order valence-corrected chi connectivity index (χ0v) is 14.0. The van der Waals surface area contributed by atoms with Gasteiger partial charge in [0.25, 0.3) is 0 Å². The van der Waals surface area contributed by atoms with E-state index in [-0.39, 0.29) is 5.41 Å². The Balaban J connectivity index is 1.86. The Labute approximate surface area is 137 Å². The van der Waals surface area contributed by atoms with Gasteiger partial charge in [-0.2, -0.15) is 0 Å². The summed E-state index contributed by atoms with van der Waals surface area (Å²) >= 11 is 12.6. The molecule has 1 saturated carbocycles. The van der Waals surface area contributed by atoms with Crippen LogP contribution in [0.5, 0.6) is 0 Å². The predicted molar refractivity (Wildman–Crippen MR) is 88.2 cm³/mol. The lowest BCUT2D eigenvalue weighted by molar-refractivity contribution is 0.0309. The average Bonchev–Trinajstić information content (AvgIpc) is 3.24. The van der Waals surface area contributed by atoms with E-state index in [0.29, 0.717) is 16.1 Å². The molecule has 1 aliphatic heterocycles. The van der Waals surface area contributed by atoms with Gasteiger partial charge in [0.2, 0.25) is 0 Å². The molecule has 1 saturated heterocycles. The zero-order chi connectivity index (χ0) is 14.9. The summed E-state index contributed by atoms with van der Waals surface area (Å²) < 4.78 is 6.12. The third-order valence-electron chi connectivity index (χ3n) is 4.85. The van der Waals surface area contributed by atoms with Crippen LogP contribution in [0, 0.1) is 11.3 Å². The van der Waals surface area contributed by atoms with E-state index in [2.05, 4.69) is 18.3 Å². The van der Waals surface area contributed by atoms with E-state index >= 15 is 0 Å². The molecule has 1 aromatic rings. The first-order valence-corrected chi connectivity index (χ1v) is 8.67. The highest BCUT2D eigenvalue weighted by Gasteiger charge is 2.50. The molecular weight excluding hydrogens is 305 g/mol. The molecule has 0 bridgehead atoms. The standard InChI is InChI=1S/C17H23Cl2NO/c1-2-20-11-17(8-9-21-16(17)12-6-7-12)10-13-4-3-5-14(18)15(13)19/h3-5,12,16,20H,2,6-11H2,1H3. The zero-order valence-electron chi connectivity index (χ0n) is 12.5. The first kappa shape index (κ1) is 15.6. The lowest BCUT2D eigenvalue weighted by Gasteiger charge is -2.35. The molecular formula is C17H23Cl2NO. The molecule has 0 radical (unpaired) electrons. The summed E-state index contributed by atoms with van der Waals surface area (Å²) in [6, 6.07) is 5.95. The molecule has 1 N–H and O–H groups in total.